The van der Waals surface area contributed by atoms with Gasteiger partial charge in [0.1, 0.15) is 17.0 Å². The number of fused-ring (bicyclic) bond motifs is 5. The molecule has 2 aliphatic rings. The number of hydrogen-bond donors (Lipinski definition) is 0. The molecule has 28 heavy (non-hydrogen) atoms. The summed E-state index contributed by atoms with van der Waals surface area (Å²) in [6.45, 7) is 3.87. The smallest absolute Gasteiger partial charge is 0.270 e. The fraction of sp³-hybridized carbons (Fsp3) is 0.333. The van der Waals surface area contributed by atoms with Gasteiger partial charge in [0.25, 0.3) is 11.1 Å². The molecule has 5 heterocycles. The normalized spacial score (nSPS) is 20.8. The van der Waals surface area contributed by atoms with Gasteiger partial charge in [0, 0.05) is 43.5 Å². The summed E-state index contributed by atoms with van der Waals surface area (Å²) in [7, 11) is 0. The molecule has 7 heteroatoms. The number of hydrogen-bond acceptors (Lipinski definition) is 5. The Kier molecular flexibility index (Phi) is 3.72. The van der Waals surface area contributed by atoms with Crippen LogP contribution in [0.4, 0.5) is 5.82 Å². The minimum atomic E-state index is -0.342. The zero-order valence-electron chi connectivity index (χ0n) is 15.5. The zero-order chi connectivity index (χ0) is 19.4. The second-order valence-electron chi connectivity index (χ2n) is 7.76. The summed E-state index contributed by atoms with van der Waals surface area (Å²) in [6, 6.07) is 9.08. The lowest BCUT2D eigenvalue weighted by molar-refractivity contribution is 0.112. The summed E-state index contributed by atoms with van der Waals surface area (Å²) in [5, 5.41) is 0. The first-order valence-electron chi connectivity index (χ1n) is 9.48. The first-order chi connectivity index (χ1) is 13.6. The van der Waals surface area contributed by atoms with Gasteiger partial charge in [0.2, 0.25) is 0 Å². The molecule has 0 spiro atoms. The third-order valence-electron chi connectivity index (χ3n) is 5.96. The minimum absolute atomic E-state index is 0.0342. The van der Waals surface area contributed by atoms with Gasteiger partial charge in [-0.05, 0) is 37.0 Å². The Morgan fingerprint density at radius 2 is 1.96 bits per heavy atom. The van der Waals surface area contributed by atoms with E-state index in [0.29, 0.717) is 37.4 Å². The maximum atomic E-state index is 12.9. The molecule has 2 bridgehead atoms. The van der Waals surface area contributed by atoms with Crippen molar-refractivity contribution in [2.75, 3.05) is 18.0 Å². The molecule has 7 nitrogen and oxygen atoms in total. The minimum Gasteiger partial charge on any atom is -0.355 e. The van der Waals surface area contributed by atoms with E-state index in [4.69, 9.17) is 4.98 Å². The molecule has 0 amide bonds. The lowest BCUT2D eigenvalue weighted by Gasteiger charge is -2.43. The summed E-state index contributed by atoms with van der Waals surface area (Å²) >= 11 is 0. The first kappa shape index (κ1) is 16.9. The number of rotatable bonds is 2. The van der Waals surface area contributed by atoms with Crippen molar-refractivity contribution in [3.8, 4) is 0 Å². The Bertz CT molecular complexity index is 1230. The number of piperidine rings is 1. The van der Waals surface area contributed by atoms with Crippen molar-refractivity contribution in [3.63, 3.8) is 0 Å². The van der Waals surface area contributed by atoms with Crippen LogP contribution >= 0.6 is 0 Å². The largest absolute Gasteiger partial charge is 0.355 e. The van der Waals surface area contributed by atoms with E-state index in [1.807, 2.05) is 23.6 Å². The summed E-state index contributed by atoms with van der Waals surface area (Å²) in [5.74, 6) is 0.914. The van der Waals surface area contributed by atoms with Crippen molar-refractivity contribution in [1.82, 2.24) is 14.0 Å². The van der Waals surface area contributed by atoms with Crippen molar-refractivity contribution in [1.29, 1.82) is 0 Å². The van der Waals surface area contributed by atoms with Crippen LogP contribution in [0.15, 0.2) is 46.1 Å². The molecular weight excluding hydrogens is 356 g/mol. The Balaban J connectivity index is 1.64. The molecule has 0 aliphatic carbocycles. The second-order valence-corrected chi connectivity index (χ2v) is 7.76. The van der Waals surface area contributed by atoms with Crippen molar-refractivity contribution < 1.29 is 4.79 Å². The van der Waals surface area contributed by atoms with Crippen LogP contribution < -0.4 is 16.0 Å². The first-order valence-corrected chi connectivity index (χ1v) is 9.48. The highest BCUT2D eigenvalue weighted by Crippen LogP contribution is 2.36. The maximum absolute atomic E-state index is 12.9. The van der Waals surface area contributed by atoms with Crippen LogP contribution in [0.1, 0.15) is 34.0 Å². The van der Waals surface area contributed by atoms with E-state index in [0.717, 1.165) is 17.7 Å². The Hall–Kier alpha value is -3.22. The Morgan fingerprint density at radius 1 is 1.11 bits per heavy atom. The summed E-state index contributed by atoms with van der Waals surface area (Å²) in [6.07, 6.45) is 3.26. The number of pyridine rings is 2. The number of aromatic nitrogens is 3. The van der Waals surface area contributed by atoms with Gasteiger partial charge in [-0.1, -0.05) is 12.1 Å². The zero-order valence-corrected chi connectivity index (χ0v) is 15.5. The monoisotopic (exact) mass is 376 g/mol. The predicted molar refractivity (Wildman–Crippen MR) is 105 cm³/mol. The molecule has 3 aromatic rings. The standard InChI is InChI=1S/C21H20N4O3/c1-13-4-3-7-24-19(13)22-20(16(12-26)21(24)28)23-9-14-8-15(11-23)17-5-2-6-18(27)25(17)10-14/h2-7,12,14-15H,8-11H2,1H3/t14-,15-/m1/s1. The predicted octanol–water partition coefficient (Wildman–Crippen LogP) is 1.60. The average molecular weight is 376 g/mol. The number of carbonyl (C=O) groups excluding carboxylic acids is 1. The van der Waals surface area contributed by atoms with Crippen LogP contribution in [0.5, 0.6) is 0 Å². The fourth-order valence-electron chi connectivity index (χ4n) is 4.71. The Morgan fingerprint density at radius 3 is 2.79 bits per heavy atom. The van der Waals surface area contributed by atoms with E-state index in [-0.39, 0.29) is 28.5 Å². The van der Waals surface area contributed by atoms with Crippen molar-refractivity contribution in [2.45, 2.75) is 25.8 Å². The van der Waals surface area contributed by atoms with Gasteiger partial charge in [0.15, 0.2) is 6.29 Å². The van der Waals surface area contributed by atoms with E-state index >= 15 is 0 Å². The molecule has 2 aliphatic heterocycles. The molecule has 1 saturated heterocycles. The molecular formula is C21H20N4O3. The van der Waals surface area contributed by atoms with Crippen molar-refractivity contribution in [2.24, 2.45) is 5.92 Å². The van der Waals surface area contributed by atoms with Gasteiger partial charge < -0.3 is 9.47 Å². The third-order valence-corrected chi connectivity index (χ3v) is 5.96. The lowest BCUT2D eigenvalue weighted by atomic mass is 9.83. The highest BCUT2D eigenvalue weighted by atomic mass is 16.1. The van der Waals surface area contributed by atoms with Crippen LogP contribution in [0.2, 0.25) is 0 Å². The van der Waals surface area contributed by atoms with E-state index in [1.54, 1.807) is 24.4 Å². The van der Waals surface area contributed by atoms with Crippen molar-refractivity contribution >= 4 is 17.8 Å². The van der Waals surface area contributed by atoms with Crippen LogP contribution in [0, 0.1) is 12.8 Å². The van der Waals surface area contributed by atoms with Crippen LogP contribution in [-0.4, -0.2) is 33.3 Å². The SMILES string of the molecule is Cc1cccn2c(=O)c(C=O)c(N3C[C@H]4C[C@H](C3)c3cccc(=O)n3C4)nc12. The fourth-order valence-corrected chi connectivity index (χ4v) is 4.71. The molecule has 3 aromatic heterocycles. The highest BCUT2D eigenvalue weighted by molar-refractivity contribution is 5.83. The highest BCUT2D eigenvalue weighted by Gasteiger charge is 2.36. The molecule has 1 fully saturated rings. The topological polar surface area (TPSA) is 76.7 Å². The van der Waals surface area contributed by atoms with Crippen LogP contribution in [-0.2, 0) is 6.54 Å². The molecule has 0 N–H and O–H groups in total. The molecule has 0 saturated carbocycles. The molecule has 0 aromatic carbocycles. The van der Waals surface area contributed by atoms with Gasteiger partial charge in [-0.25, -0.2) is 4.98 Å². The summed E-state index contributed by atoms with van der Waals surface area (Å²) in [5.41, 5.74) is 2.26. The number of aryl methyl sites for hydroxylation is 1. The summed E-state index contributed by atoms with van der Waals surface area (Å²) in [4.78, 5) is 43.7. The third kappa shape index (κ3) is 2.42. The maximum Gasteiger partial charge on any atom is 0.270 e. The second kappa shape index (κ2) is 6.15. The Labute approximate surface area is 160 Å². The van der Waals surface area contributed by atoms with E-state index in [2.05, 4.69) is 4.90 Å². The van der Waals surface area contributed by atoms with Gasteiger partial charge in [-0.15, -0.1) is 0 Å². The number of aldehydes is 1. The van der Waals surface area contributed by atoms with Gasteiger partial charge in [-0.2, -0.15) is 0 Å². The van der Waals surface area contributed by atoms with E-state index in [9.17, 15) is 14.4 Å². The number of carbonyl (C=O) groups is 1. The quantitative estimate of drug-likeness (QED) is 0.635. The van der Waals surface area contributed by atoms with E-state index < -0.39 is 0 Å². The number of anilines is 1. The van der Waals surface area contributed by atoms with Gasteiger partial charge in [-0.3, -0.25) is 18.8 Å². The van der Waals surface area contributed by atoms with Gasteiger partial charge >= 0.3 is 0 Å². The number of nitrogens with zero attached hydrogens (tertiary/aromatic N) is 4. The molecule has 142 valence electrons. The van der Waals surface area contributed by atoms with E-state index in [1.165, 1.54) is 4.40 Å². The van der Waals surface area contributed by atoms with Gasteiger partial charge in [0.05, 0.1) is 0 Å². The van der Waals surface area contributed by atoms with Crippen molar-refractivity contribution in [3.05, 3.63) is 74.1 Å². The molecule has 0 radical (unpaired) electrons. The molecule has 5 rings (SSSR count). The van der Waals surface area contributed by atoms with Crippen LogP contribution in [0.3, 0.4) is 0 Å². The lowest BCUT2D eigenvalue weighted by Crippen LogP contribution is -2.48. The average Bonchev–Trinajstić information content (AvgIpc) is 2.69. The molecule has 2 atom stereocenters. The molecule has 0 unspecified atom stereocenters. The van der Waals surface area contributed by atoms with Crippen LogP contribution in [0.25, 0.3) is 5.65 Å². The summed E-state index contributed by atoms with van der Waals surface area (Å²) < 4.78 is 3.30.